The Hall–Kier alpha value is -1.93. The number of nitrogens with one attached hydrogen (secondary N) is 1. The monoisotopic (exact) mass is 365 g/mol. The number of thioether (sulfide) groups is 1. The highest BCUT2D eigenvalue weighted by molar-refractivity contribution is 8.01. The molecule has 6 nitrogen and oxygen atoms in total. The van der Waals surface area contributed by atoms with Gasteiger partial charge in [0.15, 0.2) is 4.34 Å². The summed E-state index contributed by atoms with van der Waals surface area (Å²) in [6.45, 7) is 8.07. The van der Waals surface area contributed by atoms with Crippen LogP contribution in [0.2, 0.25) is 0 Å². The predicted octanol–water partition coefficient (Wildman–Crippen LogP) is 4.39. The number of hydrogen-bond donors (Lipinski definition) is 1. The summed E-state index contributed by atoms with van der Waals surface area (Å²) in [7, 11) is 0. The fraction of sp³-hybridized carbons (Fsp3) is 0.375. The van der Waals surface area contributed by atoms with Gasteiger partial charge in [0, 0.05) is 22.9 Å². The molecule has 0 saturated heterocycles. The van der Waals surface area contributed by atoms with Gasteiger partial charge in [0.2, 0.25) is 5.91 Å². The second kappa shape index (κ2) is 7.31. The summed E-state index contributed by atoms with van der Waals surface area (Å²) < 4.78 is 0.839. The van der Waals surface area contributed by atoms with Crippen LogP contribution in [0.5, 0.6) is 0 Å². The molecule has 2 aromatic rings. The quantitative estimate of drug-likeness (QED) is 0.482. The Bertz CT molecular complexity index is 766. The number of non-ortho nitro benzene ring substituents is 1. The molecule has 0 atom stereocenters. The number of nitro benzene ring substituents is 1. The molecule has 0 spiro atoms. The van der Waals surface area contributed by atoms with Gasteiger partial charge in [-0.15, -0.1) is 11.3 Å². The van der Waals surface area contributed by atoms with Crippen molar-refractivity contribution < 1.29 is 9.72 Å². The zero-order valence-corrected chi connectivity index (χ0v) is 15.6. The molecule has 1 N–H and O–H groups in total. The zero-order chi connectivity index (χ0) is 17.9. The third-order valence-corrected chi connectivity index (χ3v) is 5.31. The van der Waals surface area contributed by atoms with E-state index >= 15 is 0 Å². The lowest BCUT2D eigenvalue weighted by Gasteiger charge is -2.14. The Morgan fingerprint density at radius 1 is 1.42 bits per heavy atom. The minimum atomic E-state index is -0.479. The van der Waals surface area contributed by atoms with Crippen molar-refractivity contribution in [1.82, 2.24) is 4.98 Å². The first-order chi connectivity index (χ1) is 11.2. The SMILES string of the molecule is Cc1ccc([N+](=O)[O-])cc1NC(=O)CSc1nc(C(C)(C)C)cs1. The molecule has 2 rings (SSSR count). The van der Waals surface area contributed by atoms with E-state index in [0.717, 1.165) is 15.6 Å². The molecule has 128 valence electrons. The summed E-state index contributed by atoms with van der Waals surface area (Å²) in [5.41, 5.74) is 2.19. The van der Waals surface area contributed by atoms with Crippen molar-refractivity contribution in [3.05, 3.63) is 45.0 Å². The zero-order valence-electron chi connectivity index (χ0n) is 14.0. The van der Waals surface area contributed by atoms with Crippen molar-refractivity contribution >= 4 is 40.4 Å². The van der Waals surface area contributed by atoms with Crippen LogP contribution in [0.3, 0.4) is 0 Å². The Kier molecular flexibility index (Phi) is 5.61. The fourth-order valence-corrected chi connectivity index (χ4v) is 3.69. The molecule has 1 aromatic carbocycles. The molecule has 0 unspecified atom stereocenters. The van der Waals surface area contributed by atoms with Crippen molar-refractivity contribution in [3.8, 4) is 0 Å². The number of benzene rings is 1. The largest absolute Gasteiger partial charge is 0.325 e. The van der Waals surface area contributed by atoms with E-state index in [1.54, 1.807) is 13.0 Å². The molecular formula is C16H19N3O3S2. The molecule has 0 saturated carbocycles. The molecule has 0 radical (unpaired) electrons. The Morgan fingerprint density at radius 3 is 2.71 bits per heavy atom. The predicted molar refractivity (Wildman–Crippen MR) is 98.0 cm³/mol. The lowest BCUT2D eigenvalue weighted by molar-refractivity contribution is -0.384. The van der Waals surface area contributed by atoms with E-state index < -0.39 is 4.92 Å². The highest BCUT2D eigenvalue weighted by Gasteiger charge is 2.18. The van der Waals surface area contributed by atoms with Crippen molar-refractivity contribution in [3.63, 3.8) is 0 Å². The van der Waals surface area contributed by atoms with E-state index in [4.69, 9.17) is 0 Å². The van der Waals surface area contributed by atoms with Gasteiger partial charge in [-0.25, -0.2) is 4.98 Å². The van der Waals surface area contributed by atoms with Gasteiger partial charge in [0.25, 0.3) is 5.69 Å². The van der Waals surface area contributed by atoms with Crippen LogP contribution in [0.15, 0.2) is 27.9 Å². The van der Waals surface area contributed by atoms with Gasteiger partial charge in [0.1, 0.15) is 0 Å². The van der Waals surface area contributed by atoms with E-state index in [2.05, 4.69) is 31.1 Å². The second-order valence-electron chi connectivity index (χ2n) is 6.34. The van der Waals surface area contributed by atoms with E-state index in [-0.39, 0.29) is 22.8 Å². The van der Waals surface area contributed by atoms with Gasteiger partial charge in [-0.3, -0.25) is 14.9 Å². The van der Waals surface area contributed by atoms with Gasteiger partial charge < -0.3 is 5.32 Å². The van der Waals surface area contributed by atoms with Crippen LogP contribution in [-0.2, 0) is 10.2 Å². The minimum absolute atomic E-state index is 0.0162. The minimum Gasteiger partial charge on any atom is -0.325 e. The fourth-order valence-electron chi connectivity index (χ4n) is 1.84. The lowest BCUT2D eigenvalue weighted by Crippen LogP contribution is -2.15. The maximum Gasteiger partial charge on any atom is 0.271 e. The van der Waals surface area contributed by atoms with E-state index in [1.165, 1.54) is 35.2 Å². The number of carbonyl (C=O) groups excluding carboxylic acids is 1. The molecule has 8 heteroatoms. The molecule has 0 aliphatic heterocycles. The van der Waals surface area contributed by atoms with Crippen molar-refractivity contribution in [2.75, 3.05) is 11.1 Å². The number of hydrogen-bond acceptors (Lipinski definition) is 6. The summed E-state index contributed by atoms with van der Waals surface area (Å²) >= 11 is 2.88. The summed E-state index contributed by atoms with van der Waals surface area (Å²) in [5, 5.41) is 15.6. The van der Waals surface area contributed by atoms with Crippen molar-refractivity contribution in [2.24, 2.45) is 0 Å². The first kappa shape index (κ1) is 18.4. The first-order valence-electron chi connectivity index (χ1n) is 7.30. The van der Waals surface area contributed by atoms with Crippen molar-refractivity contribution in [1.29, 1.82) is 0 Å². The van der Waals surface area contributed by atoms with Crippen LogP contribution >= 0.6 is 23.1 Å². The number of aromatic nitrogens is 1. The number of carbonyl (C=O) groups is 1. The molecule has 0 aliphatic carbocycles. The summed E-state index contributed by atoms with van der Waals surface area (Å²) in [5.74, 6) is -0.00437. The van der Waals surface area contributed by atoms with Crippen LogP contribution in [0.1, 0.15) is 32.0 Å². The summed E-state index contributed by atoms with van der Waals surface area (Å²) in [6.07, 6.45) is 0. The average Bonchev–Trinajstić information content (AvgIpc) is 2.96. The number of nitrogens with zero attached hydrogens (tertiary/aromatic N) is 2. The van der Waals surface area contributed by atoms with Crippen LogP contribution in [0, 0.1) is 17.0 Å². The van der Waals surface area contributed by atoms with Crippen LogP contribution in [0.25, 0.3) is 0 Å². The third kappa shape index (κ3) is 4.78. The van der Waals surface area contributed by atoms with Crippen molar-refractivity contribution in [2.45, 2.75) is 37.4 Å². The smallest absolute Gasteiger partial charge is 0.271 e. The van der Waals surface area contributed by atoms with Gasteiger partial charge >= 0.3 is 0 Å². The molecule has 1 amide bonds. The van der Waals surface area contributed by atoms with Gasteiger partial charge in [-0.2, -0.15) is 0 Å². The van der Waals surface area contributed by atoms with E-state index in [0.29, 0.717) is 5.69 Å². The highest BCUT2D eigenvalue weighted by Crippen LogP contribution is 2.29. The Balaban J connectivity index is 1.98. The maximum atomic E-state index is 12.1. The first-order valence-corrected chi connectivity index (χ1v) is 9.17. The molecule has 0 bridgehead atoms. The summed E-state index contributed by atoms with van der Waals surface area (Å²) in [4.78, 5) is 27.0. The lowest BCUT2D eigenvalue weighted by atomic mass is 9.93. The van der Waals surface area contributed by atoms with Crippen LogP contribution < -0.4 is 5.32 Å². The number of anilines is 1. The number of amides is 1. The van der Waals surface area contributed by atoms with Crippen LogP contribution in [-0.4, -0.2) is 21.6 Å². The summed E-state index contributed by atoms with van der Waals surface area (Å²) in [6, 6.07) is 4.42. The average molecular weight is 365 g/mol. The molecule has 1 aromatic heterocycles. The standard InChI is InChI=1S/C16H19N3O3S2/c1-10-5-6-11(19(21)22)7-12(10)17-14(20)9-24-15-18-13(8-23-15)16(2,3)4/h5-8H,9H2,1-4H3,(H,17,20). The molecule has 24 heavy (non-hydrogen) atoms. The van der Waals surface area contributed by atoms with Gasteiger partial charge in [-0.05, 0) is 12.5 Å². The number of rotatable bonds is 5. The van der Waals surface area contributed by atoms with Gasteiger partial charge in [0.05, 0.1) is 22.1 Å². The maximum absolute atomic E-state index is 12.1. The number of thiazole rings is 1. The highest BCUT2D eigenvalue weighted by atomic mass is 32.2. The topological polar surface area (TPSA) is 85.1 Å². The van der Waals surface area contributed by atoms with E-state index in [1.807, 2.05) is 5.38 Å². The van der Waals surface area contributed by atoms with Gasteiger partial charge in [-0.1, -0.05) is 38.6 Å². The molecule has 0 fully saturated rings. The molecular weight excluding hydrogens is 346 g/mol. The second-order valence-corrected chi connectivity index (χ2v) is 8.42. The number of aryl methyl sites for hydroxylation is 1. The molecule has 1 heterocycles. The molecule has 0 aliphatic rings. The van der Waals surface area contributed by atoms with E-state index in [9.17, 15) is 14.9 Å². The Morgan fingerprint density at radius 2 is 2.12 bits per heavy atom. The normalized spacial score (nSPS) is 11.3. The number of nitro groups is 1. The third-order valence-electron chi connectivity index (χ3n) is 3.28. The Labute approximate surface area is 148 Å². The van der Waals surface area contributed by atoms with Crippen LogP contribution in [0.4, 0.5) is 11.4 Å².